The van der Waals surface area contributed by atoms with Crippen molar-refractivity contribution < 1.29 is 13.9 Å². The van der Waals surface area contributed by atoms with E-state index < -0.39 is 17.2 Å². The molecule has 3 rings (SSSR count). The van der Waals surface area contributed by atoms with E-state index in [4.69, 9.17) is 4.74 Å². The number of piperazine rings is 1. The van der Waals surface area contributed by atoms with Crippen molar-refractivity contribution in [2.24, 2.45) is 0 Å². The van der Waals surface area contributed by atoms with Gasteiger partial charge in [0.15, 0.2) is 11.6 Å². The fourth-order valence-electron chi connectivity index (χ4n) is 3.36. The first-order valence-corrected chi connectivity index (χ1v) is 8.86. The zero-order chi connectivity index (χ0) is 18.8. The lowest BCUT2D eigenvalue weighted by atomic mass is 10.1. The molecule has 0 atom stereocenters. The van der Waals surface area contributed by atoms with Gasteiger partial charge in [-0.15, -0.1) is 0 Å². The van der Waals surface area contributed by atoms with Gasteiger partial charge in [-0.1, -0.05) is 0 Å². The molecule has 0 unspecified atom stereocenters. The van der Waals surface area contributed by atoms with Gasteiger partial charge in [0.2, 0.25) is 5.43 Å². The monoisotopic (exact) mass is 362 g/mol. The van der Waals surface area contributed by atoms with E-state index in [1.165, 1.54) is 6.07 Å². The predicted molar refractivity (Wildman–Crippen MR) is 97.4 cm³/mol. The number of halogens is 1. The molecule has 26 heavy (non-hydrogen) atoms. The van der Waals surface area contributed by atoms with Crippen molar-refractivity contribution in [1.82, 2.24) is 14.9 Å². The second kappa shape index (κ2) is 7.41. The fraction of sp³-hybridized carbons (Fsp3) is 0.500. The molecule has 2 aromatic heterocycles. The van der Waals surface area contributed by atoms with Gasteiger partial charge in [0.05, 0.1) is 12.0 Å². The minimum absolute atomic E-state index is 0.0580. The van der Waals surface area contributed by atoms with E-state index in [1.54, 1.807) is 18.4 Å². The Balaban J connectivity index is 2.25. The van der Waals surface area contributed by atoms with E-state index in [9.17, 15) is 14.0 Å². The Labute approximate surface area is 150 Å². The minimum Gasteiger partial charge on any atom is -0.462 e. The molecule has 0 bridgehead atoms. The number of hydrogen-bond acceptors (Lipinski definition) is 6. The molecule has 1 aliphatic rings. The highest BCUT2D eigenvalue weighted by Gasteiger charge is 2.24. The molecule has 2 aromatic rings. The lowest BCUT2D eigenvalue weighted by molar-refractivity contribution is 0.0523. The first kappa shape index (κ1) is 18.3. The minimum atomic E-state index is -0.689. The molecular formula is C18H23FN4O3. The van der Waals surface area contributed by atoms with Crippen molar-refractivity contribution >= 4 is 22.8 Å². The zero-order valence-electron chi connectivity index (χ0n) is 15.3. The number of esters is 1. The molecule has 7 nitrogen and oxygen atoms in total. The number of anilines is 1. The number of fused-ring (bicyclic) bond motifs is 1. The number of rotatable bonds is 4. The largest absolute Gasteiger partial charge is 0.462 e. The quantitative estimate of drug-likeness (QED) is 0.830. The van der Waals surface area contributed by atoms with E-state index in [0.29, 0.717) is 31.0 Å². The van der Waals surface area contributed by atoms with Crippen LogP contribution in [0.1, 0.15) is 29.9 Å². The molecular weight excluding hydrogens is 339 g/mol. The third-order valence-corrected chi connectivity index (χ3v) is 4.64. The van der Waals surface area contributed by atoms with Gasteiger partial charge in [-0.05, 0) is 26.8 Å². The molecule has 1 N–H and O–H groups in total. The second-order valence-corrected chi connectivity index (χ2v) is 6.16. The Morgan fingerprint density at radius 3 is 2.65 bits per heavy atom. The van der Waals surface area contributed by atoms with Gasteiger partial charge in [0, 0.05) is 38.4 Å². The number of nitrogens with zero attached hydrogens (tertiary/aromatic N) is 3. The average molecular weight is 362 g/mol. The molecule has 0 saturated carbocycles. The predicted octanol–water partition coefficient (Wildman–Crippen LogP) is 1.45. The molecule has 3 heterocycles. The van der Waals surface area contributed by atoms with Crippen LogP contribution in [0.15, 0.2) is 10.9 Å². The Morgan fingerprint density at radius 1 is 1.35 bits per heavy atom. The number of carbonyl (C=O) groups is 1. The van der Waals surface area contributed by atoms with Gasteiger partial charge >= 0.3 is 5.97 Å². The van der Waals surface area contributed by atoms with Gasteiger partial charge in [0.1, 0.15) is 11.2 Å². The summed E-state index contributed by atoms with van der Waals surface area (Å²) in [6, 6.07) is 1.19. The van der Waals surface area contributed by atoms with Gasteiger partial charge < -0.3 is 19.5 Å². The van der Waals surface area contributed by atoms with Gasteiger partial charge in [-0.2, -0.15) is 0 Å². The molecule has 0 aliphatic carbocycles. The van der Waals surface area contributed by atoms with Crippen molar-refractivity contribution in [3.63, 3.8) is 0 Å². The van der Waals surface area contributed by atoms with Gasteiger partial charge in [-0.3, -0.25) is 4.79 Å². The number of hydrogen-bond donors (Lipinski definition) is 1. The van der Waals surface area contributed by atoms with Crippen LogP contribution in [0.3, 0.4) is 0 Å². The Hall–Kier alpha value is -2.48. The second-order valence-electron chi connectivity index (χ2n) is 6.16. The van der Waals surface area contributed by atoms with E-state index >= 15 is 0 Å². The van der Waals surface area contributed by atoms with Gasteiger partial charge in [-0.25, -0.2) is 14.2 Å². The first-order valence-electron chi connectivity index (χ1n) is 8.86. The Kier molecular flexibility index (Phi) is 5.22. The van der Waals surface area contributed by atoms with Crippen molar-refractivity contribution in [1.29, 1.82) is 0 Å². The molecule has 1 aliphatic heterocycles. The van der Waals surface area contributed by atoms with E-state index in [-0.39, 0.29) is 23.4 Å². The molecule has 0 amide bonds. The standard InChI is InChI=1S/C18H23FN4O3/c1-4-23-11(3)14(18(25)26-5-2)15(24)12-10-13(19)17(21-16(12)23)22-8-6-20-7-9-22/h10,20H,4-9H2,1-3H3. The molecule has 140 valence electrons. The van der Waals surface area contributed by atoms with Crippen molar-refractivity contribution in [2.45, 2.75) is 27.3 Å². The lowest BCUT2D eigenvalue weighted by Gasteiger charge is -2.29. The van der Waals surface area contributed by atoms with Crippen LogP contribution in [-0.4, -0.2) is 48.3 Å². The fourth-order valence-corrected chi connectivity index (χ4v) is 3.36. The molecule has 8 heteroatoms. The molecule has 0 radical (unpaired) electrons. The number of aromatic nitrogens is 2. The summed E-state index contributed by atoms with van der Waals surface area (Å²) in [5.41, 5.74) is 0.267. The van der Waals surface area contributed by atoms with Crippen LogP contribution in [0, 0.1) is 12.7 Å². The van der Waals surface area contributed by atoms with Crippen LogP contribution in [0.4, 0.5) is 10.2 Å². The van der Waals surface area contributed by atoms with Crippen molar-refractivity contribution in [3.8, 4) is 0 Å². The molecule has 0 spiro atoms. The van der Waals surface area contributed by atoms with E-state index in [0.717, 1.165) is 13.1 Å². The number of pyridine rings is 2. The summed E-state index contributed by atoms with van der Waals surface area (Å²) in [6.07, 6.45) is 0. The number of carbonyl (C=O) groups excluding carboxylic acids is 1. The van der Waals surface area contributed by atoms with E-state index in [1.807, 2.05) is 11.8 Å². The van der Waals surface area contributed by atoms with Crippen LogP contribution in [0.5, 0.6) is 0 Å². The summed E-state index contributed by atoms with van der Waals surface area (Å²) in [7, 11) is 0. The van der Waals surface area contributed by atoms with Crippen LogP contribution in [0.2, 0.25) is 0 Å². The summed E-state index contributed by atoms with van der Waals surface area (Å²) < 4.78 is 21.5. The number of ether oxygens (including phenoxy) is 1. The van der Waals surface area contributed by atoms with Crippen LogP contribution >= 0.6 is 0 Å². The molecule has 1 saturated heterocycles. The third kappa shape index (κ3) is 3.05. The van der Waals surface area contributed by atoms with Crippen LogP contribution in [-0.2, 0) is 11.3 Å². The summed E-state index contributed by atoms with van der Waals surface area (Å²) in [5, 5.41) is 3.31. The average Bonchev–Trinajstić information content (AvgIpc) is 2.63. The molecule has 1 fully saturated rings. The maximum Gasteiger partial charge on any atom is 0.343 e. The zero-order valence-corrected chi connectivity index (χ0v) is 15.3. The summed E-state index contributed by atoms with van der Waals surface area (Å²) in [5.74, 6) is -1.01. The topological polar surface area (TPSA) is 76.5 Å². The van der Waals surface area contributed by atoms with Crippen molar-refractivity contribution in [3.05, 3.63) is 33.4 Å². The van der Waals surface area contributed by atoms with E-state index in [2.05, 4.69) is 10.3 Å². The highest BCUT2D eigenvalue weighted by atomic mass is 19.1. The number of nitrogens with one attached hydrogen (secondary N) is 1. The Morgan fingerprint density at radius 2 is 2.04 bits per heavy atom. The smallest absolute Gasteiger partial charge is 0.343 e. The Bertz CT molecular complexity index is 904. The highest BCUT2D eigenvalue weighted by molar-refractivity contribution is 5.95. The third-order valence-electron chi connectivity index (χ3n) is 4.64. The maximum absolute atomic E-state index is 14.7. The lowest BCUT2D eigenvalue weighted by Crippen LogP contribution is -2.44. The summed E-state index contributed by atoms with van der Waals surface area (Å²) in [4.78, 5) is 31.4. The maximum atomic E-state index is 14.7. The van der Waals surface area contributed by atoms with Crippen molar-refractivity contribution in [2.75, 3.05) is 37.7 Å². The first-order chi connectivity index (χ1) is 12.5. The normalized spacial score (nSPS) is 14.7. The number of aryl methyl sites for hydroxylation is 1. The van der Waals surface area contributed by atoms with Gasteiger partial charge in [0.25, 0.3) is 0 Å². The van der Waals surface area contributed by atoms with Crippen LogP contribution in [0.25, 0.3) is 11.0 Å². The summed E-state index contributed by atoms with van der Waals surface area (Å²) >= 11 is 0. The highest BCUT2D eigenvalue weighted by Crippen LogP contribution is 2.23. The summed E-state index contributed by atoms with van der Waals surface area (Å²) in [6.45, 7) is 8.70. The van der Waals surface area contributed by atoms with Crippen LogP contribution < -0.4 is 15.6 Å². The SMILES string of the molecule is CCOC(=O)c1c(C)n(CC)c2nc(N3CCNCC3)c(F)cc2c1=O. The molecule has 0 aromatic carbocycles.